The maximum atomic E-state index is 9.44. The van der Waals surface area contributed by atoms with E-state index in [1.54, 1.807) is 15.9 Å². The summed E-state index contributed by atoms with van der Waals surface area (Å²) < 4.78 is 1.71. The molecule has 1 aromatic carbocycles. The third-order valence-electron chi connectivity index (χ3n) is 3.83. The van der Waals surface area contributed by atoms with Crippen molar-refractivity contribution in [2.75, 3.05) is 0 Å². The van der Waals surface area contributed by atoms with Crippen molar-refractivity contribution in [1.82, 2.24) is 14.6 Å². The molecular formula is C15H12N4S. The summed E-state index contributed by atoms with van der Waals surface area (Å²) in [6.45, 7) is 0. The first kappa shape index (κ1) is 11.6. The molecule has 1 fully saturated rings. The maximum Gasteiger partial charge on any atom is 0.214 e. The number of hydrogen-bond donors (Lipinski definition) is 0. The number of nitrogens with zero attached hydrogens (tertiary/aromatic N) is 4. The molecule has 4 rings (SSSR count). The van der Waals surface area contributed by atoms with Gasteiger partial charge in [-0.25, -0.2) is 4.98 Å². The van der Waals surface area contributed by atoms with Gasteiger partial charge in [-0.05, 0) is 12.8 Å². The molecule has 5 heteroatoms. The zero-order valence-corrected chi connectivity index (χ0v) is 11.6. The van der Waals surface area contributed by atoms with E-state index in [2.05, 4.69) is 16.2 Å². The van der Waals surface area contributed by atoms with Crippen LogP contribution in [0.3, 0.4) is 0 Å². The molecule has 98 valence electrons. The van der Waals surface area contributed by atoms with E-state index in [0.717, 1.165) is 21.2 Å². The minimum atomic E-state index is 0.535. The molecule has 0 atom stereocenters. The molecule has 0 radical (unpaired) electrons. The Morgan fingerprint density at radius 3 is 2.70 bits per heavy atom. The molecule has 1 aliphatic carbocycles. The van der Waals surface area contributed by atoms with Crippen LogP contribution < -0.4 is 0 Å². The first-order valence-electron chi connectivity index (χ1n) is 6.72. The van der Waals surface area contributed by atoms with Crippen LogP contribution in [-0.2, 0) is 0 Å². The Bertz CT molecular complexity index is 806. The molecule has 2 aromatic heterocycles. The van der Waals surface area contributed by atoms with Gasteiger partial charge in [0.05, 0.1) is 0 Å². The van der Waals surface area contributed by atoms with Crippen molar-refractivity contribution in [2.45, 2.75) is 25.2 Å². The summed E-state index contributed by atoms with van der Waals surface area (Å²) in [5, 5.41) is 15.2. The second kappa shape index (κ2) is 4.43. The second-order valence-electron chi connectivity index (χ2n) is 5.05. The van der Waals surface area contributed by atoms with Crippen LogP contribution in [0.2, 0.25) is 0 Å². The Morgan fingerprint density at radius 1 is 1.25 bits per heavy atom. The van der Waals surface area contributed by atoms with Crippen molar-refractivity contribution in [3.63, 3.8) is 0 Å². The van der Waals surface area contributed by atoms with Crippen LogP contribution in [0.5, 0.6) is 0 Å². The van der Waals surface area contributed by atoms with Gasteiger partial charge in [0, 0.05) is 11.5 Å². The van der Waals surface area contributed by atoms with E-state index in [4.69, 9.17) is 0 Å². The lowest BCUT2D eigenvalue weighted by atomic mass is 9.86. The van der Waals surface area contributed by atoms with Gasteiger partial charge in [-0.15, -0.1) is 0 Å². The third kappa shape index (κ3) is 1.65. The molecule has 0 spiro atoms. The van der Waals surface area contributed by atoms with Crippen molar-refractivity contribution >= 4 is 16.3 Å². The molecule has 0 bridgehead atoms. The van der Waals surface area contributed by atoms with Gasteiger partial charge >= 0.3 is 0 Å². The number of fused-ring (bicyclic) bond motifs is 1. The molecule has 3 aromatic rings. The van der Waals surface area contributed by atoms with Crippen LogP contribution in [-0.4, -0.2) is 14.6 Å². The smallest absolute Gasteiger partial charge is 0.214 e. The van der Waals surface area contributed by atoms with Gasteiger partial charge in [0.2, 0.25) is 4.96 Å². The summed E-state index contributed by atoms with van der Waals surface area (Å²) >= 11 is 1.62. The van der Waals surface area contributed by atoms with Crippen molar-refractivity contribution in [3.8, 4) is 17.3 Å². The van der Waals surface area contributed by atoms with E-state index in [1.165, 1.54) is 19.3 Å². The Morgan fingerprint density at radius 2 is 2.05 bits per heavy atom. The number of hydrogen-bond acceptors (Lipinski definition) is 4. The fraction of sp³-hybridized carbons (Fsp3) is 0.267. The van der Waals surface area contributed by atoms with Crippen LogP contribution in [0.15, 0.2) is 30.3 Å². The first-order valence-corrected chi connectivity index (χ1v) is 7.53. The predicted molar refractivity (Wildman–Crippen MR) is 77.6 cm³/mol. The minimum absolute atomic E-state index is 0.535. The zero-order chi connectivity index (χ0) is 13.5. The molecule has 1 aliphatic rings. The van der Waals surface area contributed by atoms with E-state index < -0.39 is 0 Å². The Labute approximate surface area is 120 Å². The van der Waals surface area contributed by atoms with Gasteiger partial charge < -0.3 is 0 Å². The van der Waals surface area contributed by atoms with Crippen molar-refractivity contribution in [3.05, 3.63) is 41.0 Å². The largest absolute Gasteiger partial charge is 0.216 e. The highest BCUT2D eigenvalue weighted by Crippen LogP contribution is 2.39. The fourth-order valence-corrected chi connectivity index (χ4v) is 3.55. The van der Waals surface area contributed by atoms with Crippen LogP contribution in [0, 0.1) is 11.3 Å². The molecule has 20 heavy (non-hydrogen) atoms. The molecule has 4 nitrogen and oxygen atoms in total. The first-order chi connectivity index (χ1) is 9.86. The van der Waals surface area contributed by atoms with Crippen molar-refractivity contribution < 1.29 is 0 Å². The molecule has 0 amide bonds. The van der Waals surface area contributed by atoms with Crippen molar-refractivity contribution in [1.29, 1.82) is 5.26 Å². The summed E-state index contributed by atoms with van der Waals surface area (Å²) in [5.74, 6) is 0.577. The van der Waals surface area contributed by atoms with E-state index in [-0.39, 0.29) is 0 Å². The molecule has 0 aliphatic heterocycles. The third-order valence-corrected chi connectivity index (χ3v) is 4.90. The highest BCUT2D eigenvalue weighted by atomic mass is 32.1. The molecule has 0 unspecified atom stereocenters. The molecule has 1 saturated carbocycles. The van der Waals surface area contributed by atoms with Gasteiger partial charge in [-0.2, -0.15) is 14.9 Å². The average Bonchev–Trinajstić information content (AvgIpc) is 2.94. The summed E-state index contributed by atoms with van der Waals surface area (Å²) in [7, 11) is 0. The van der Waals surface area contributed by atoms with E-state index in [9.17, 15) is 5.26 Å². The lowest BCUT2D eigenvalue weighted by Crippen LogP contribution is -2.08. The monoisotopic (exact) mass is 280 g/mol. The van der Waals surface area contributed by atoms with Crippen LogP contribution >= 0.6 is 11.3 Å². The minimum Gasteiger partial charge on any atom is -0.216 e. The van der Waals surface area contributed by atoms with Gasteiger partial charge in [0.15, 0.2) is 5.69 Å². The maximum absolute atomic E-state index is 9.44. The zero-order valence-electron chi connectivity index (χ0n) is 10.8. The lowest BCUT2D eigenvalue weighted by molar-refractivity contribution is 0.415. The number of rotatable bonds is 2. The Balaban J connectivity index is 1.87. The summed E-state index contributed by atoms with van der Waals surface area (Å²) in [5.41, 5.74) is 2.23. The van der Waals surface area contributed by atoms with E-state index in [1.807, 2.05) is 30.3 Å². The SMILES string of the molecule is N#Cc1c(-c2ccccc2)nc2sc(C3CCC3)nn12. The van der Waals surface area contributed by atoms with Crippen LogP contribution in [0.25, 0.3) is 16.2 Å². The van der Waals surface area contributed by atoms with E-state index >= 15 is 0 Å². The van der Waals surface area contributed by atoms with Gasteiger partial charge in [-0.3, -0.25) is 0 Å². The summed E-state index contributed by atoms with van der Waals surface area (Å²) in [6.07, 6.45) is 3.71. The predicted octanol–water partition coefficient (Wildman–Crippen LogP) is 3.60. The normalized spacial score (nSPS) is 15.2. The Kier molecular flexibility index (Phi) is 2.57. The number of imidazole rings is 1. The lowest BCUT2D eigenvalue weighted by Gasteiger charge is -2.21. The fourth-order valence-electron chi connectivity index (χ4n) is 2.48. The Hall–Kier alpha value is -2.19. The number of nitriles is 1. The van der Waals surface area contributed by atoms with Crippen molar-refractivity contribution in [2.24, 2.45) is 0 Å². The van der Waals surface area contributed by atoms with Crippen LogP contribution in [0.1, 0.15) is 35.9 Å². The average molecular weight is 280 g/mol. The quantitative estimate of drug-likeness (QED) is 0.720. The van der Waals surface area contributed by atoms with Crippen LogP contribution in [0.4, 0.5) is 0 Å². The van der Waals surface area contributed by atoms with Gasteiger partial charge in [-0.1, -0.05) is 48.1 Å². The molecule has 2 heterocycles. The highest BCUT2D eigenvalue weighted by Gasteiger charge is 2.25. The van der Waals surface area contributed by atoms with Gasteiger partial charge in [0.25, 0.3) is 0 Å². The molecule has 0 saturated heterocycles. The second-order valence-corrected chi connectivity index (χ2v) is 6.04. The van der Waals surface area contributed by atoms with Gasteiger partial charge in [0.1, 0.15) is 16.8 Å². The highest BCUT2D eigenvalue weighted by molar-refractivity contribution is 7.16. The van der Waals surface area contributed by atoms with E-state index in [0.29, 0.717) is 11.6 Å². The topological polar surface area (TPSA) is 54.0 Å². The summed E-state index contributed by atoms with van der Waals surface area (Å²) in [4.78, 5) is 5.43. The molecule has 0 N–H and O–H groups in total. The summed E-state index contributed by atoms with van der Waals surface area (Å²) in [6, 6.07) is 12.1. The molecular weight excluding hydrogens is 268 g/mol. The number of benzene rings is 1. The standard InChI is InChI=1S/C15H12N4S/c16-9-12-13(10-5-2-1-3-6-10)17-15-19(12)18-14(20-15)11-7-4-8-11/h1-3,5-6,11H,4,7-8H2. The number of aromatic nitrogens is 3.